The lowest BCUT2D eigenvalue weighted by Gasteiger charge is -2.14. The Kier molecular flexibility index (Phi) is 6.71. The number of nitrogens with zero attached hydrogens (tertiary/aromatic N) is 2. The molecular weight excluding hydrogens is 436 g/mol. The summed E-state index contributed by atoms with van der Waals surface area (Å²) in [6.45, 7) is 3.58. The fourth-order valence-electron chi connectivity index (χ4n) is 3.86. The Bertz CT molecular complexity index is 1250. The fraction of sp³-hybridized carbons (Fsp3) is 0.280. The number of nitrogens with one attached hydrogen (secondary N) is 2. The van der Waals surface area contributed by atoms with Crippen LogP contribution in [0.15, 0.2) is 42.1 Å². The molecule has 168 valence electrons. The molecule has 0 aliphatic heterocycles. The maximum Gasteiger partial charge on any atom is 0.341 e. The van der Waals surface area contributed by atoms with Crippen molar-refractivity contribution in [3.05, 3.63) is 63.7 Å². The number of ether oxygens (including phenoxy) is 1. The number of anilines is 1. The van der Waals surface area contributed by atoms with Crippen LogP contribution in [0.1, 0.15) is 53.1 Å². The van der Waals surface area contributed by atoms with Crippen molar-refractivity contribution in [2.24, 2.45) is 0 Å². The van der Waals surface area contributed by atoms with Crippen LogP contribution in [0.25, 0.3) is 17.3 Å². The van der Waals surface area contributed by atoms with E-state index in [0.29, 0.717) is 21.8 Å². The number of hydrogen-bond donors (Lipinski definition) is 2. The van der Waals surface area contributed by atoms with Gasteiger partial charge >= 0.3 is 5.97 Å². The SMILES string of the molecule is CC(C)OC(=O)c1c(NC(=O)C(C#N)=Cc2cn[nH]c2-c2ccccc2)sc2c1CCCC2. The van der Waals surface area contributed by atoms with Crippen molar-refractivity contribution in [3.8, 4) is 17.3 Å². The molecule has 2 heterocycles. The molecule has 0 radical (unpaired) electrons. The summed E-state index contributed by atoms with van der Waals surface area (Å²) >= 11 is 1.39. The molecule has 8 heteroatoms. The van der Waals surface area contributed by atoms with Gasteiger partial charge in [-0.2, -0.15) is 10.4 Å². The lowest BCUT2D eigenvalue weighted by molar-refractivity contribution is -0.112. The summed E-state index contributed by atoms with van der Waals surface area (Å²) in [5.41, 5.74) is 3.52. The van der Waals surface area contributed by atoms with Crippen LogP contribution < -0.4 is 5.32 Å². The monoisotopic (exact) mass is 460 g/mol. The van der Waals surface area contributed by atoms with Crippen LogP contribution in [0.3, 0.4) is 0 Å². The number of carbonyl (C=O) groups is 2. The first-order chi connectivity index (χ1) is 16.0. The number of amides is 1. The molecule has 0 bridgehead atoms. The molecule has 7 nitrogen and oxygen atoms in total. The molecule has 0 saturated carbocycles. The first kappa shape index (κ1) is 22.5. The molecule has 0 spiro atoms. The highest BCUT2D eigenvalue weighted by molar-refractivity contribution is 7.17. The molecule has 33 heavy (non-hydrogen) atoms. The van der Waals surface area contributed by atoms with Gasteiger partial charge in [0.15, 0.2) is 0 Å². The Morgan fingerprint density at radius 3 is 2.73 bits per heavy atom. The van der Waals surface area contributed by atoms with E-state index >= 15 is 0 Å². The predicted molar refractivity (Wildman–Crippen MR) is 128 cm³/mol. The zero-order chi connectivity index (χ0) is 23.4. The normalized spacial score (nSPS) is 13.3. The van der Waals surface area contributed by atoms with E-state index in [2.05, 4.69) is 15.5 Å². The molecule has 0 fully saturated rings. The third-order valence-corrected chi connectivity index (χ3v) is 6.55. The van der Waals surface area contributed by atoms with Gasteiger partial charge in [0.1, 0.15) is 16.6 Å². The highest BCUT2D eigenvalue weighted by Crippen LogP contribution is 2.39. The minimum atomic E-state index is -0.574. The van der Waals surface area contributed by atoms with Crippen LogP contribution in [0, 0.1) is 11.3 Å². The van der Waals surface area contributed by atoms with Gasteiger partial charge in [0, 0.05) is 16.0 Å². The second-order valence-electron chi connectivity index (χ2n) is 8.06. The summed E-state index contributed by atoms with van der Waals surface area (Å²) < 4.78 is 5.44. The van der Waals surface area contributed by atoms with Gasteiger partial charge in [-0.3, -0.25) is 9.89 Å². The topological polar surface area (TPSA) is 108 Å². The Hall–Kier alpha value is -3.70. The van der Waals surface area contributed by atoms with Gasteiger partial charge in [-0.1, -0.05) is 30.3 Å². The van der Waals surface area contributed by atoms with Crippen LogP contribution in [0.4, 0.5) is 5.00 Å². The average Bonchev–Trinajstić information content (AvgIpc) is 3.41. The number of aryl methyl sites for hydroxylation is 1. The van der Waals surface area contributed by atoms with Gasteiger partial charge in [-0.15, -0.1) is 11.3 Å². The summed E-state index contributed by atoms with van der Waals surface area (Å²) in [4.78, 5) is 27.0. The average molecular weight is 461 g/mol. The van der Waals surface area contributed by atoms with E-state index in [1.165, 1.54) is 17.4 Å². The van der Waals surface area contributed by atoms with E-state index in [0.717, 1.165) is 41.7 Å². The van der Waals surface area contributed by atoms with Crippen LogP contribution in [0.5, 0.6) is 0 Å². The molecular formula is C25H24N4O3S. The number of rotatable bonds is 6. The molecule has 1 aliphatic carbocycles. The molecule has 1 amide bonds. The van der Waals surface area contributed by atoms with Gasteiger partial charge < -0.3 is 10.1 Å². The van der Waals surface area contributed by atoms with E-state index in [1.807, 2.05) is 36.4 Å². The zero-order valence-corrected chi connectivity index (χ0v) is 19.3. The van der Waals surface area contributed by atoms with E-state index < -0.39 is 11.9 Å². The third kappa shape index (κ3) is 4.89. The summed E-state index contributed by atoms with van der Waals surface area (Å²) in [6.07, 6.45) is 6.49. The van der Waals surface area contributed by atoms with Crippen molar-refractivity contribution in [1.29, 1.82) is 5.26 Å². The predicted octanol–water partition coefficient (Wildman–Crippen LogP) is 5.13. The Labute approximate surface area is 196 Å². The maximum atomic E-state index is 13.0. The minimum absolute atomic E-state index is 0.0804. The van der Waals surface area contributed by atoms with E-state index in [9.17, 15) is 14.9 Å². The number of hydrogen-bond acceptors (Lipinski definition) is 6. The molecule has 2 aromatic heterocycles. The van der Waals surface area contributed by atoms with Crippen molar-refractivity contribution in [2.75, 3.05) is 5.32 Å². The largest absolute Gasteiger partial charge is 0.459 e. The molecule has 0 unspecified atom stereocenters. The van der Waals surface area contributed by atoms with Gasteiger partial charge in [-0.05, 0) is 51.2 Å². The zero-order valence-electron chi connectivity index (χ0n) is 18.5. The summed E-state index contributed by atoms with van der Waals surface area (Å²) in [5.74, 6) is -1.02. The number of nitriles is 1. The lowest BCUT2D eigenvalue weighted by Crippen LogP contribution is -2.18. The number of aromatic nitrogens is 2. The molecule has 2 N–H and O–H groups in total. The van der Waals surface area contributed by atoms with Gasteiger partial charge in [0.2, 0.25) is 0 Å². The number of aromatic amines is 1. The number of H-pyrrole nitrogens is 1. The van der Waals surface area contributed by atoms with Crippen molar-refractivity contribution < 1.29 is 14.3 Å². The molecule has 4 rings (SSSR count). The van der Waals surface area contributed by atoms with Crippen molar-refractivity contribution in [3.63, 3.8) is 0 Å². The minimum Gasteiger partial charge on any atom is -0.459 e. The Morgan fingerprint density at radius 1 is 1.24 bits per heavy atom. The molecule has 3 aromatic rings. The smallest absolute Gasteiger partial charge is 0.341 e. The van der Waals surface area contributed by atoms with Gasteiger partial charge in [0.25, 0.3) is 5.91 Å². The molecule has 0 saturated heterocycles. The number of benzene rings is 1. The third-order valence-electron chi connectivity index (χ3n) is 5.34. The Morgan fingerprint density at radius 2 is 2.00 bits per heavy atom. The maximum absolute atomic E-state index is 13.0. The fourth-order valence-corrected chi connectivity index (χ4v) is 5.13. The standard InChI is InChI=1S/C25H24N4O3S/c1-15(2)32-25(31)21-19-10-6-7-11-20(19)33-24(21)28-23(30)17(13-26)12-18-14-27-29-22(18)16-8-4-3-5-9-16/h3-5,8-9,12,14-15H,6-7,10-11H2,1-2H3,(H,27,29)(H,28,30). The number of carbonyl (C=O) groups excluding carboxylic acids is 2. The molecule has 1 aromatic carbocycles. The molecule has 1 aliphatic rings. The van der Waals surface area contributed by atoms with Crippen molar-refractivity contribution >= 4 is 34.3 Å². The van der Waals surface area contributed by atoms with Crippen LogP contribution in [0.2, 0.25) is 0 Å². The highest BCUT2D eigenvalue weighted by Gasteiger charge is 2.28. The second kappa shape index (κ2) is 9.84. The van der Waals surface area contributed by atoms with Crippen LogP contribution in [-0.4, -0.2) is 28.2 Å². The Balaban J connectivity index is 1.64. The molecule has 0 atom stereocenters. The number of thiophene rings is 1. The van der Waals surface area contributed by atoms with Gasteiger partial charge in [-0.25, -0.2) is 4.79 Å². The lowest BCUT2D eigenvalue weighted by atomic mass is 9.95. The van der Waals surface area contributed by atoms with Crippen molar-refractivity contribution in [2.45, 2.75) is 45.6 Å². The van der Waals surface area contributed by atoms with E-state index in [-0.39, 0.29) is 11.7 Å². The van der Waals surface area contributed by atoms with Crippen LogP contribution in [-0.2, 0) is 22.4 Å². The van der Waals surface area contributed by atoms with Crippen molar-refractivity contribution in [1.82, 2.24) is 10.2 Å². The first-order valence-electron chi connectivity index (χ1n) is 10.9. The quantitative estimate of drug-likeness (QED) is 0.301. The van der Waals surface area contributed by atoms with Crippen LogP contribution >= 0.6 is 11.3 Å². The van der Waals surface area contributed by atoms with E-state index in [4.69, 9.17) is 4.74 Å². The summed E-state index contributed by atoms with van der Waals surface area (Å²) in [7, 11) is 0. The second-order valence-corrected chi connectivity index (χ2v) is 9.16. The first-order valence-corrected chi connectivity index (χ1v) is 11.7. The van der Waals surface area contributed by atoms with E-state index in [1.54, 1.807) is 20.0 Å². The van der Waals surface area contributed by atoms with Gasteiger partial charge in [0.05, 0.1) is 23.6 Å². The summed E-state index contributed by atoms with van der Waals surface area (Å²) in [5, 5.41) is 19.9. The summed E-state index contributed by atoms with van der Waals surface area (Å²) in [6, 6.07) is 11.5. The highest BCUT2D eigenvalue weighted by atomic mass is 32.1. The number of fused-ring (bicyclic) bond motifs is 1. The number of esters is 1.